The van der Waals surface area contributed by atoms with Gasteiger partial charge in [-0.05, 0) is 56.5 Å². The molecule has 162 valence electrons. The van der Waals surface area contributed by atoms with E-state index in [-0.39, 0.29) is 23.2 Å². The van der Waals surface area contributed by atoms with Gasteiger partial charge in [0.2, 0.25) is 0 Å². The number of piperidine rings is 1. The number of anilines is 1. The van der Waals surface area contributed by atoms with Gasteiger partial charge < -0.3 is 10.2 Å². The van der Waals surface area contributed by atoms with Crippen LogP contribution < -0.4 is 5.32 Å². The van der Waals surface area contributed by atoms with Crippen molar-refractivity contribution in [2.45, 2.75) is 44.4 Å². The summed E-state index contributed by atoms with van der Waals surface area (Å²) in [6.45, 7) is 2.77. The van der Waals surface area contributed by atoms with Crippen LogP contribution in [0, 0.1) is 0 Å². The molecule has 2 atom stereocenters. The molecule has 4 rings (SSSR count). The van der Waals surface area contributed by atoms with Gasteiger partial charge in [-0.15, -0.1) is 0 Å². The molecule has 0 aromatic heterocycles. The fourth-order valence-electron chi connectivity index (χ4n) is 3.98. The molecule has 1 saturated heterocycles. The molecule has 1 fully saturated rings. The third-order valence-electron chi connectivity index (χ3n) is 5.66. The summed E-state index contributed by atoms with van der Waals surface area (Å²) in [6, 6.07) is 9.11. The van der Waals surface area contributed by atoms with E-state index in [9.17, 15) is 22.8 Å². The molecule has 31 heavy (non-hydrogen) atoms. The van der Waals surface area contributed by atoms with E-state index in [1.54, 1.807) is 24.3 Å². The van der Waals surface area contributed by atoms with E-state index in [2.05, 4.69) is 15.5 Å². The van der Waals surface area contributed by atoms with Gasteiger partial charge in [-0.3, -0.25) is 9.59 Å². The first kappa shape index (κ1) is 21.0. The molecule has 2 amide bonds. The van der Waals surface area contributed by atoms with E-state index in [1.165, 1.54) is 12.1 Å². The van der Waals surface area contributed by atoms with Crippen LogP contribution in [0.5, 0.6) is 0 Å². The molecule has 1 N–H and O–H groups in total. The molecule has 6 nitrogen and oxygen atoms in total. The number of nitrogens with one attached hydrogen (secondary N) is 1. The SMILES string of the molecule is C[C@H]1CCCCN1C(=O)c1ccc(N=N[C@H]2C(=O)Nc3c2cccc3C(F)(F)F)cc1. The lowest BCUT2D eigenvalue weighted by Crippen LogP contribution is -2.41. The number of alkyl halides is 3. The van der Waals surface area contributed by atoms with Gasteiger partial charge in [0, 0.05) is 23.7 Å². The van der Waals surface area contributed by atoms with Gasteiger partial charge in [0.05, 0.1) is 16.9 Å². The highest BCUT2D eigenvalue weighted by Crippen LogP contribution is 2.43. The number of hydrogen-bond acceptors (Lipinski definition) is 4. The zero-order valence-electron chi connectivity index (χ0n) is 16.8. The van der Waals surface area contributed by atoms with Gasteiger partial charge in [0.15, 0.2) is 6.04 Å². The van der Waals surface area contributed by atoms with E-state index in [0.29, 0.717) is 11.3 Å². The monoisotopic (exact) mass is 430 g/mol. The Balaban J connectivity index is 1.51. The van der Waals surface area contributed by atoms with Gasteiger partial charge in [0.1, 0.15) is 0 Å². The van der Waals surface area contributed by atoms with Crippen molar-refractivity contribution < 1.29 is 22.8 Å². The smallest absolute Gasteiger partial charge is 0.336 e. The molecule has 0 spiro atoms. The van der Waals surface area contributed by atoms with Gasteiger partial charge in [0.25, 0.3) is 11.8 Å². The minimum absolute atomic E-state index is 0.0422. The van der Waals surface area contributed by atoms with Gasteiger partial charge in [-0.2, -0.15) is 23.4 Å². The molecular formula is C22H21F3N4O2. The fourth-order valence-corrected chi connectivity index (χ4v) is 3.98. The minimum Gasteiger partial charge on any atom is -0.336 e. The lowest BCUT2D eigenvalue weighted by atomic mass is 10.0. The summed E-state index contributed by atoms with van der Waals surface area (Å²) in [6.07, 6.45) is -1.49. The highest BCUT2D eigenvalue weighted by Gasteiger charge is 2.40. The molecule has 9 heteroatoms. The number of azo groups is 1. The van der Waals surface area contributed by atoms with Crippen LogP contribution in [0.4, 0.5) is 24.5 Å². The van der Waals surface area contributed by atoms with Crippen LogP contribution >= 0.6 is 0 Å². The average molecular weight is 430 g/mol. The number of carbonyl (C=O) groups excluding carboxylic acids is 2. The molecule has 0 bridgehead atoms. The number of halogens is 3. The number of fused-ring (bicyclic) bond motifs is 1. The van der Waals surface area contributed by atoms with E-state index in [1.807, 2.05) is 11.8 Å². The fraction of sp³-hybridized carbons (Fsp3) is 0.364. The first-order chi connectivity index (χ1) is 14.8. The number of para-hydroxylation sites is 1. The Bertz CT molecular complexity index is 1030. The van der Waals surface area contributed by atoms with Crippen molar-refractivity contribution in [3.05, 3.63) is 59.2 Å². The number of likely N-dealkylation sites (tertiary alicyclic amines) is 1. The summed E-state index contributed by atoms with van der Waals surface area (Å²) in [7, 11) is 0. The summed E-state index contributed by atoms with van der Waals surface area (Å²) < 4.78 is 39.5. The first-order valence-corrected chi connectivity index (χ1v) is 10.1. The number of benzene rings is 2. The second-order valence-electron chi connectivity index (χ2n) is 7.77. The molecule has 2 aliphatic heterocycles. The average Bonchev–Trinajstić information content (AvgIpc) is 3.06. The molecule has 2 heterocycles. The maximum atomic E-state index is 13.2. The first-order valence-electron chi connectivity index (χ1n) is 10.1. The Kier molecular flexibility index (Phi) is 5.51. The lowest BCUT2D eigenvalue weighted by molar-refractivity contribution is -0.136. The zero-order valence-corrected chi connectivity index (χ0v) is 16.8. The summed E-state index contributed by atoms with van der Waals surface area (Å²) in [5.41, 5.74) is -0.121. The number of carbonyl (C=O) groups is 2. The van der Waals surface area contributed by atoms with Crippen molar-refractivity contribution >= 4 is 23.2 Å². The third kappa shape index (κ3) is 4.17. The summed E-state index contributed by atoms with van der Waals surface area (Å²) in [5.74, 6) is -0.708. The third-order valence-corrected chi connectivity index (χ3v) is 5.66. The molecule has 2 aliphatic rings. The van der Waals surface area contributed by atoms with Crippen molar-refractivity contribution in [3.63, 3.8) is 0 Å². The molecular weight excluding hydrogens is 409 g/mol. The predicted molar refractivity (Wildman–Crippen MR) is 108 cm³/mol. The predicted octanol–water partition coefficient (Wildman–Crippen LogP) is 5.50. The van der Waals surface area contributed by atoms with Crippen LogP contribution in [-0.2, 0) is 11.0 Å². The van der Waals surface area contributed by atoms with Crippen molar-refractivity contribution in [1.29, 1.82) is 0 Å². The Morgan fingerprint density at radius 3 is 2.55 bits per heavy atom. The number of hydrogen-bond donors (Lipinski definition) is 1. The van der Waals surface area contributed by atoms with Crippen molar-refractivity contribution in [2.24, 2.45) is 10.2 Å². The largest absolute Gasteiger partial charge is 0.418 e. The van der Waals surface area contributed by atoms with Crippen LogP contribution in [0.3, 0.4) is 0 Å². The van der Waals surface area contributed by atoms with Crippen LogP contribution in [0.1, 0.15) is 53.7 Å². The highest BCUT2D eigenvalue weighted by molar-refractivity contribution is 6.03. The van der Waals surface area contributed by atoms with Crippen molar-refractivity contribution in [2.75, 3.05) is 11.9 Å². The van der Waals surface area contributed by atoms with Crippen molar-refractivity contribution in [1.82, 2.24) is 4.90 Å². The van der Waals surface area contributed by atoms with Gasteiger partial charge in [-0.1, -0.05) is 12.1 Å². The van der Waals surface area contributed by atoms with Crippen LogP contribution in [0.2, 0.25) is 0 Å². The van der Waals surface area contributed by atoms with E-state index < -0.39 is 23.7 Å². The molecule has 2 aromatic rings. The number of rotatable bonds is 3. The van der Waals surface area contributed by atoms with E-state index >= 15 is 0 Å². The lowest BCUT2D eigenvalue weighted by Gasteiger charge is -2.33. The highest BCUT2D eigenvalue weighted by atomic mass is 19.4. The summed E-state index contributed by atoms with van der Waals surface area (Å²) in [5, 5.41) is 10.2. The Labute approximate surface area is 177 Å². The maximum absolute atomic E-state index is 13.2. The van der Waals surface area contributed by atoms with Gasteiger partial charge >= 0.3 is 6.18 Å². The molecule has 0 saturated carbocycles. The van der Waals surface area contributed by atoms with Crippen LogP contribution in [-0.4, -0.2) is 29.3 Å². The van der Waals surface area contributed by atoms with Crippen molar-refractivity contribution in [3.8, 4) is 0 Å². The maximum Gasteiger partial charge on any atom is 0.418 e. The molecule has 0 unspecified atom stereocenters. The second-order valence-corrected chi connectivity index (χ2v) is 7.77. The standard InChI is InChI=1S/C22H21F3N4O2/c1-13-5-2-3-12-29(13)21(31)14-8-10-15(11-9-14)27-28-19-16-6-4-7-17(22(23,24)25)18(16)26-20(19)30/h4,6-11,13,19H,2-3,5,12H2,1H3,(H,26,30)/t13-,19+/m0/s1. The Morgan fingerprint density at radius 2 is 1.87 bits per heavy atom. The number of nitrogens with zero attached hydrogens (tertiary/aromatic N) is 3. The van der Waals surface area contributed by atoms with Crippen LogP contribution in [0.25, 0.3) is 0 Å². The molecule has 2 aromatic carbocycles. The molecule has 0 radical (unpaired) electrons. The normalized spacial score (nSPS) is 21.3. The zero-order chi connectivity index (χ0) is 22.2. The topological polar surface area (TPSA) is 74.1 Å². The van der Waals surface area contributed by atoms with Crippen LogP contribution in [0.15, 0.2) is 52.7 Å². The summed E-state index contributed by atoms with van der Waals surface area (Å²) >= 11 is 0. The quantitative estimate of drug-likeness (QED) is 0.653. The summed E-state index contributed by atoms with van der Waals surface area (Å²) in [4.78, 5) is 26.8. The second kappa shape index (κ2) is 8.13. The van der Waals surface area contributed by atoms with E-state index in [0.717, 1.165) is 31.9 Å². The van der Waals surface area contributed by atoms with E-state index in [4.69, 9.17) is 0 Å². The Hall–Kier alpha value is -3.23. The molecule has 0 aliphatic carbocycles. The van der Waals surface area contributed by atoms with Gasteiger partial charge in [-0.25, -0.2) is 0 Å². The Morgan fingerprint density at radius 1 is 1.13 bits per heavy atom. The number of amides is 2. The minimum atomic E-state index is -4.58.